The zero-order valence-corrected chi connectivity index (χ0v) is 18.2. The molecule has 0 aromatic heterocycles. The molecule has 0 saturated carbocycles. The highest BCUT2D eigenvalue weighted by molar-refractivity contribution is 6.01. The molecule has 2 aromatic rings. The SMILES string of the molecule is CC(C)(C)OC[C@H](O)CN(Cc1ccc(F)cc1)C[C@@H]1CC(c2ccc(F)cc2)=NO1. The lowest BCUT2D eigenvalue weighted by Gasteiger charge is -2.28. The lowest BCUT2D eigenvalue weighted by Crippen LogP contribution is -2.40. The van der Waals surface area contributed by atoms with E-state index in [4.69, 9.17) is 9.57 Å². The van der Waals surface area contributed by atoms with Crippen LogP contribution >= 0.6 is 0 Å². The van der Waals surface area contributed by atoms with Gasteiger partial charge in [-0.1, -0.05) is 29.4 Å². The molecule has 1 heterocycles. The predicted molar refractivity (Wildman–Crippen MR) is 116 cm³/mol. The Labute approximate surface area is 182 Å². The minimum absolute atomic E-state index is 0.198. The topological polar surface area (TPSA) is 54.3 Å². The van der Waals surface area contributed by atoms with Gasteiger partial charge < -0.3 is 14.7 Å². The number of hydrogen-bond donors (Lipinski definition) is 1. The predicted octanol–water partition coefficient (Wildman–Crippen LogP) is 4.14. The van der Waals surface area contributed by atoms with Crippen LogP contribution in [0, 0.1) is 11.6 Å². The van der Waals surface area contributed by atoms with Gasteiger partial charge >= 0.3 is 0 Å². The molecule has 0 fully saturated rings. The van der Waals surface area contributed by atoms with Crippen LogP contribution in [0.15, 0.2) is 53.7 Å². The first-order valence-corrected chi connectivity index (χ1v) is 10.5. The Morgan fingerprint density at radius 3 is 2.32 bits per heavy atom. The summed E-state index contributed by atoms with van der Waals surface area (Å²) in [6.45, 7) is 7.46. The highest BCUT2D eigenvalue weighted by Crippen LogP contribution is 2.19. The van der Waals surface area contributed by atoms with Crippen molar-refractivity contribution in [3.8, 4) is 0 Å². The van der Waals surface area contributed by atoms with Crippen LogP contribution in [0.2, 0.25) is 0 Å². The van der Waals surface area contributed by atoms with E-state index in [1.807, 2.05) is 20.8 Å². The average Bonchev–Trinajstić information content (AvgIpc) is 3.16. The van der Waals surface area contributed by atoms with Crippen LogP contribution in [0.3, 0.4) is 0 Å². The molecule has 0 saturated heterocycles. The molecule has 0 unspecified atom stereocenters. The van der Waals surface area contributed by atoms with Gasteiger partial charge in [0.2, 0.25) is 0 Å². The van der Waals surface area contributed by atoms with Gasteiger partial charge in [0.05, 0.1) is 24.0 Å². The molecule has 31 heavy (non-hydrogen) atoms. The monoisotopic (exact) mass is 432 g/mol. The van der Waals surface area contributed by atoms with Gasteiger partial charge in [-0.15, -0.1) is 0 Å². The third-order valence-electron chi connectivity index (χ3n) is 4.87. The molecule has 7 heteroatoms. The van der Waals surface area contributed by atoms with E-state index in [1.54, 1.807) is 24.3 Å². The van der Waals surface area contributed by atoms with Crippen LogP contribution in [0.5, 0.6) is 0 Å². The van der Waals surface area contributed by atoms with Gasteiger partial charge in [0.25, 0.3) is 0 Å². The minimum atomic E-state index is -0.682. The van der Waals surface area contributed by atoms with Gasteiger partial charge in [0, 0.05) is 26.1 Å². The second-order valence-corrected chi connectivity index (χ2v) is 8.87. The van der Waals surface area contributed by atoms with Crippen molar-refractivity contribution in [2.75, 3.05) is 19.7 Å². The van der Waals surface area contributed by atoms with Crippen molar-refractivity contribution in [2.45, 2.75) is 51.5 Å². The summed E-state index contributed by atoms with van der Waals surface area (Å²) in [4.78, 5) is 7.67. The quantitative estimate of drug-likeness (QED) is 0.647. The summed E-state index contributed by atoms with van der Waals surface area (Å²) in [5.41, 5.74) is 2.19. The van der Waals surface area contributed by atoms with E-state index in [0.717, 1.165) is 16.8 Å². The van der Waals surface area contributed by atoms with Gasteiger partial charge in [-0.05, 0) is 56.2 Å². The normalized spacial score (nSPS) is 17.5. The van der Waals surface area contributed by atoms with Crippen LogP contribution in [0.25, 0.3) is 0 Å². The fraction of sp³-hybridized carbons (Fsp3) is 0.458. The van der Waals surface area contributed by atoms with E-state index < -0.39 is 6.10 Å². The van der Waals surface area contributed by atoms with Gasteiger partial charge in [0.1, 0.15) is 17.7 Å². The van der Waals surface area contributed by atoms with Gasteiger partial charge in [0.15, 0.2) is 0 Å². The van der Waals surface area contributed by atoms with Crippen molar-refractivity contribution in [3.63, 3.8) is 0 Å². The smallest absolute Gasteiger partial charge is 0.145 e. The number of hydrogen-bond acceptors (Lipinski definition) is 5. The largest absolute Gasteiger partial charge is 0.390 e. The van der Waals surface area contributed by atoms with Crippen molar-refractivity contribution in [1.29, 1.82) is 0 Å². The van der Waals surface area contributed by atoms with Crippen molar-refractivity contribution in [1.82, 2.24) is 4.90 Å². The van der Waals surface area contributed by atoms with Crippen LogP contribution in [-0.4, -0.2) is 53.2 Å². The zero-order valence-electron chi connectivity index (χ0n) is 18.2. The Bertz CT molecular complexity index is 864. The third-order valence-corrected chi connectivity index (χ3v) is 4.87. The van der Waals surface area contributed by atoms with Crippen molar-refractivity contribution >= 4 is 5.71 Å². The number of rotatable bonds is 9. The molecule has 0 radical (unpaired) electrons. The van der Waals surface area contributed by atoms with Crippen molar-refractivity contribution in [2.24, 2.45) is 5.16 Å². The molecule has 168 valence electrons. The van der Waals surface area contributed by atoms with E-state index in [0.29, 0.717) is 26.1 Å². The van der Waals surface area contributed by atoms with E-state index in [2.05, 4.69) is 10.1 Å². The summed E-state index contributed by atoms with van der Waals surface area (Å²) < 4.78 is 32.2. The number of halogens is 2. The van der Waals surface area contributed by atoms with Crippen LogP contribution in [-0.2, 0) is 16.1 Å². The van der Waals surface area contributed by atoms with Crippen LogP contribution < -0.4 is 0 Å². The molecule has 0 amide bonds. The second kappa shape index (κ2) is 10.3. The molecule has 1 aliphatic rings. The number of aliphatic hydroxyl groups is 1. The Morgan fingerprint density at radius 1 is 1.10 bits per heavy atom. The molecule has 1 N–H and O–H groups in total. The number of ether oxygens (including phenoxy) is 1. The van der Waals surface area contributed by atoms with E-state index >= 15 is 0 Å². The highest BCUT2D eigenvalue weighted by Gasteiger charge is 2.26. The van der Waals surface area contributed by atoms with E-state index in [9.17, 15) is 13.9 Å². The summed E-state index contributed by atoms with van der Waals surface area (Å²) in [6, 6.07) is 12.5. The number of benzene rings is 2. The molecular weight excluding hydrogens is 402 g/mol. The molecule has 0 spiro atoms. The average molecular weight is 433 g/mol. The molecule has 0 bridgehead atoms. The Kier molecular flexibility index (Phi) is 7.75. The maximum absolute atomic E-state index is 13.3. The fourth-order valence-corrected chi connectivity index (χ4v) is 3.38. The molecule has 1 aliphatic heterocycles. The molecule has 2 atom stereocenters. The zero-order chi connectivity index (χ0) is 22.4. The second-order valence-electron chi connectivity index (χ2n) is 8.87. The Balaban J connectivity index is 1.62. The summed E-state index contributed by atoms with van der Waals surface area (Å²) in [5, 5.41) is 14.7. The maximum Gasteiger partial charge on any atom is 0.145 e. The highest BCUT2D eigenvalue weighted by atomic mass is 19.1. The molecule has 5 nitrogen and oxygen atoms in total. The first-order valence-electron chi connectivity index (χ1n) is 10.5. The number of oxime groups is 1. The summed E-state index contributed by atoms with van der Waals surface area (Å²) in [6.07, 6.45) is -0.296. The lowest BCUT2D eigenvalue weighted by molar-refractivity contribution is -0.0600. The first kappa shape index (κ1) is 23.3. The number of nitrogens with zero attached hydrogens (tertiary/aromatic N) is 2. The van der Waals surface area contributed by atoms with E-state index in [-0.39, 0.29) is 29.9 Å². The maximum atomic E-state index is 13.3. The summed E-state index contributed by atoms with van der Waals surface area (Å²) in [5.74, 6) is -0.581. The Hall–Kier alpha value is -2.35. The van der Waals surface area contributed by atoms with Gasteiger partial charge in [-0.2, -0.15) is 0 Å². The summed E-state index contributed by atoms with van der Waals surface area (Å²) >= 11 is 0. The lowest BCUT2D eigenvalue weighted by atomic mass is 10.0. The van der Waals surface area contributed by atoms with E-state index in [1.165, 1.54) is 24.3 Å². The van der Waals surface area contributed by atoms with Gasteiger partial charge in [-0.3, -0.25) is 4.90 Å². The molecule has 2 aromatic carbocycles. The third kappa shape index (κ3) is 7.69. The molecule has 3 rings (SSSR count). The fourth-order valence-electron chi connectivity index (χ4n) is 3.38. The first-order chi connectivity index (χ1) is 14.7. The number of aliphatic hydroxyl groups excluding tert-OH is 1. The van der Waals surface area contributed by atoms with Crippen LogP contribution in [0.4, 0.5) is 8.78 Å². The van der Waals surface area contributed by atoms with Gasteiger partial charge in [-0.25, -0.2) is 8.78 Å². The Morgan fingerprint density at radius 2 is 1.71 bits per heavy atom. The van der Waals surface area contributed by atoms with Crippen molar-refractivity contribution < 1.29 is 23.5 Å². The standard InChI is InChI=1S/C24H30F2N2O3/c1-24(2,3)30-16-21(29)14-28(13-17-4-8-19(25)9-5-17)15-22-12-23(27-31-22)18-6-10-20(26)11-7-18/h4-11,21-22,29H,12-16H2,1-3H3/t21-,22+/m1/s1. The van der Waals surface area contributed by atoms with Crippen molar-refractivity contribution in [3.05, 3.63) is 71.3 Å². The molecular formula is C24H30F2N2O3. The molecule has 0 aliphatic carbocycles. The summed E-state index contributed by atoms with van der Waals surface area (Å²) in [7, 11) is 0. The minimum Gasteiger partial charge on any atom is -0.390 e. The van der Waals surface area contributed by atoms with Crippen LogP contribution in [0.1, 0.15) is 38.3 Å².